The molecule has 3 aliphatic rings. The summed E-state index contributed by atoms with van der Waals surface area (Å²) >= 11 is 0. The lowest BCUT2D eigenvalue weighted by Gasteiger charge is -2.35. The molecule has 0 N–H and O–H groups in total. The molecule has 0 aromatic carbocycles. The molecule has 2 aliphatic heterocycles. The van der Waals surface area contributed by atoms with Crippen molar-refractivity contribution >= 4 is 5.91 Å². The van der Waals surface area contributed by atoms with Crippen molar-refractivity contribution in [3.8, 4) is 0 Å². The highest BCUT2D eigenvalue weighted by Gasteiger charge is 2.38. The SMILES string of the molecule is O=C(C1CCOC1)N1CCCC1C1CCCCC1. The molecule has 2 unspecified atom stereocenters. The van der Waals surface area contributed by atoms with Gasteiger partial charge in [0.1, 0.15) is 0 Å². The van der Waals surface area contributed by atoms with E-state index < -0.39 is 0 Å². The number of hydrogen-bond donors (Lipinski definition) is 0. The maximum absolute atomic E-state index is 12.5. The lowest BCUT2D eigenvalue weighted by molar-refractivity contribution is -0.137. The zero-order valence-corrected chi connectivity index (χ0v) is 11.3. The number of amides is 1. The van der Waals surface area contributed by atoms with Gasteiger partial charge in [-0.05, 0) is 38.0 Å². The summed E-state index contributed by atoms with van der Waals surface area (Å²) in [7, 11) is 0. The van der Waals surface area contributed by atoms with E-state index in [1.165, 1.54) is 44.9 Å². The quantitative estimate of drug-likeness (QED) is 0.755. The topological polar surface area (TPSA) is 29.5 Å². The Morgan fingerprint density at radius 1 is 1.00 bits per heavy atom. The molecule has 2 saturated heterocycles. The normalized spacial score (nSPS) is 34.1. The van der Waals surface area contributed by atoms with Gasteiger partial charge in [0, 0.05) is 19.2 Å². The molecule has 0 aromatic rings. The maximum Gasteiger partial charge on any atom is 0.228 e. The Hall–Kier alpha value is -0.570. The number of carbonyl (C=O) groups is 1. The van der Waals surface area contributed by atoms with Crippen molar-refractivity contribution in [3.63, 3.8) is 0 Å². The maximum atomic E-state index is 12.5. The highest BCUT2D eigenvalue weighted by atomic mass is 16.5. The molecule has 1 amide bonds. The van der Waals surface area contributed by atoms with Gasteiger partial charge in [0.25, 0.3) is 0 Å². The van der Waals surface area contributed by atoms with Crippen LogP contribution in [-0.2, 0) is 9.53 Å². The second kappa shape index (κ2) is 5.60. The molecular weight excluding hydrogens is 226 g/mol. The third kappa shape index (κ3) is 2.42. The first-order valence-electron chi connectivity index (χ1n) is 7.74. The van der Waals surface area contributed by atoms with Gasteiger partial charge in [-0.3, -0.25) is 4.79 Å². The van der Waals surface area contributed by atoms with Crippen LogP contribution in [-0.4, -0.2) is 36.6 Å². The van der Waals surface area contributed by atoms with Gasteiger partial charge in [0.05, 0.1) is 12.5 Å². The molecule has 1 saturated carbocycles. The fourth-order valence-electron chi connectivity index (χ4n) is 4.04. The molecule has 3 fully saturated rings. The molecule has 3 rings (SSSR count). The van der Waals surface area contributed by atoms with Gasteiger partial charge in [-0.15, -0.1) is 0 Å². The first kappa shape index (κ1) is 12.5. The highest BCUT2D eigenvalue weighted by Crippen LogP contribution is 2.35. The van der Waals surface area contributed by atoms with Crippen LogP contribution in [0.5, 0.6) is 0 Å². The lowest BCUT2D eigenvalue weighted by atomic mass is 9.82. The minimum Gasteiger partial charge on any atom is -0.381 e. The Kier molecular flexibility index (Phi) is 3.88. The van der Waals surface area contributed by atoms with Crippen LogP contribution in [0.4, 0.5) is 0 Å². The zero-order chi connectivity index (χ0) is 12.4. The van der Waals surface area contributed by atoms with Gasteiger partial charge >= 0.3 is 0 Å². The molecule has 0 spiro atoms. The summed E-state index contributed by atoms with van der Waals surface area (Å²) in [5.74, 6) is 1.34. The predicted molar refractivity (Wildman–Crippen MR) is 70.2 cm³/mol. The molecule has 0 bridgehead atoms. The molecule has 3 heteroatoms. The van der Waals surface area contributed by atoms with E-state index in [2.05, 4.69) is 4.90 Å². The van der Waals surface area contributed by atoms with E-state index in [1.54, 1.807) is 0 Å². The smallest absolute Gasteiger partial charge is 0.228 e. The number of hydrogen-bond acceptors (Lipinski definition) is 2. The van der Waals surface area contributed by atoms with Gasteiger partial charge in [0.15, 0.2) is 0 Å². The molecule has 18 heavy (non-hydrogen) atoms. The van der Waals surface area contributed by atoms with E-state index >= 15 is 0 Å². The third-order valence-corrected chi connectivity index (χ3v) is 5.06. The fraction of sp³-hybridized carbons (Fsp3) is 0.933. The minimum atomic E-state index is 0.161. The average Bonchev–Trinajstić information content (AvgIpc) is 3.10. The largest absolute Gasteiger partial charge is 0.381 e. The molecule has 3 nitrogen and oxygen atoms in total. The highest BCUT2D eigenvalue weighted by molar-refractivity contribution is 5.79. The molecule has 2 heterocycles. The van der Waals surface area contributed by atoms with Crippen molar-refractivity contribution in [2.75, 3.05) is 19.8 Å². The predicted octanol–water partition coefficient (Wildman–Crippen LogP) is 2.59. The van der Waals surface area contributed by atoms with Crippen LogP contribution >= 0.6 is 0 Å². The summed E-state index contributed by atoms with van der Waals surface area (Å²) in [6.45, 7) is 2.43. The first-order chi connectivity index (χ1) is 8.86. The Morgan fingerprint density at radius 3 is 2.56 bits per heavy atom. The van der Waals surface area contributed by atoms with Gasteiger partial charge in [-0.2, -0.15) is 0 Å². The summed E-state index contributed by atoms with van der Waals surface area (Å²) in [4.78, 5) is 14.8. The van der Waals surface area contributed by atoms with E-state index in [-0.39, 0.29) is 5.92 Å². The van der Waals surface area contributed by atoms with Crippen LogP contribution in [0.2, 0.25) is 0 Å². The molecule has 1 aliphatic carbocycles. The Balaban J connectivity index is 1.64. The molecule has 2 atom stereocenters. The van der Waals surface area contributed by atoms with E-state index in [4.69, 9.17) is 4.74 Å². The number of ether oxygens (including phenoxy) is 1. The van der Waals surface area contributed by atoms with Crippen LogP contribution in [0.1, 0.15) is 51.4 Å². The zero-order valence-electron chi connectivity index (χ0n) is 11.3. The van der Waals surface area contributed by atoms with E-state index in [9.17, 15) is 4.79 Å². The van der Waals surface area contributed by atoms with Crippen molar-refractivity contribution < 1.29 is 9.53 Å². The summed E-state index contributed by atoms with van der Waals surface area (Å²) in [5.41, 5.74) is 0. The monoisotopic (exact) mass is 251 g/mol. The van der Waals surface area contributed by atoms with Crippen LogP contribution in [0.15, 0.2) is 0 Å². The van der Waals surface area contributed by atoms with E-state index in [0.717, 1.165) is 25.5 Å². The fourth-order valence-corrected chi connectivity index (χ4v) is 4.04. The molecule has 0 aromatic heterocycles. The number of likely N-dealkylation sites (tertiary alicyclic amines) is 1. The van der Waals surface area contributed by atoms with E-state index in [1.807, 2.05) is 0 Å². The Morgan fingerprint density at radius 2 is 1.83 bits per heavy atom. The third-order valence-electron chi connectivity index (χ3n) is 5.06. The van der Waals surface area contributed by atoms with Crippen LogP contribution in [0, 0.1) is 11.8 Å². The van der Waals surface area contributed by atoms with Crippen molar-refractivity contribution in [2.45, 2.75) is 57.4 Å². The molecule has 102 valence electrons. The summed E-state index contributed by atoms with van der Waals surface area (Å²) in [6.07, 6.45) is 10.2. The van der Waals surface area contributed by atoms with Gasteiger partial charge in [-0.25, -0.2) is 0 Å². The summed E-state index contributed by atoms with van der Waals surface area (Å²) in [6, 6.07) is 0.554. The van der Waals surface area contributed by atoms with Crippen molar-refractivity contribution in [1.29, 1.82) is 0 Å². The molecular formula is C15H25NO2. The number of rotatable bonds is 2. The summed E-state index contributed by atoms with van der Waals surface area (Å²) < 4.78 is 5.37. The molecule has 0 radical (unpaired) electrons. The second-order valence-electron chi connectivity index (χ2n) is 6.20. The summed E-state index contributed by atoms with van der Waals surface area (Å²) in [5, 5.41) is 0. The first-order valence-corrected chi connectivity index (χ1v) is 7.74. The van der Waals surface area contributed by atoms with Crippen LogP contribution < -0.4 is 0 Å². The van der Waals surface area contributed by atoms with Crippen molar-refractivity contribution in [1.82, 2.24) is 4.90 Å². The standard InChI is InChI=1S/C15H25NO2/c17-15(13-8-10-18-11-13)16-9-4-7-14(16)12-5-2-1-3-6-12/h12-14H,1-11H2. The average molecular weight is 251 g/mol. The number of carbonyl (C=O) groups excluding carboxylic acids is 1. The van der Waals surface area contributed by atoms with Gasteiger partial charge < -0.3 is 9.64 Å². The minimum absolute atomic E-state index is 0.161. The van der Waals surface area contributed by atoms with Crippen molar-refractivity contribution in [2.24, 2.45) is 11.8 Å². The van der Waals surface area contributed by atoms with E-state index in [0.29, 0.717) is 18.6 Å². The lowest BCUT2D eigenvalue weighted by Crippen LogP contribution is -2.43. The Labute approximate surface area is 110 Å². The van der Waals surface area contributed by atoms with Crippen LogP contribution in [0.25, 0.3) is 0 Å². The van der Waals surface area contributed by atoms with Gasteiger partial charge in [-0.1, -0.05) is 19.3 Å². The Bertz CT molecular complexity index is 293. The van der Waals surface area contributed by atoms with Crippen LogP contribution in [0.3, 0.4) is 0 Å². The van der Waals surface area contributed by atoms with Crippen molar-refractivity contribution in [3.05, 3.63) is 0 Å². The number of nitrogens with zero attached hydrogens (tertiary/aromatic N) is 1. The second-order valence-corrected chi connectivity index (χ2v) is 6.20. The van der Waals surface area contributed by atoms with Gasteiger partial charge in [0.2, 0.25) is 5.91 Å².